The Hall–Kier alpha value is -5.54. The molecule has 2 N–H and O–H groups in total. The maximum Gasteiger partial charge on any atom is 0.329 e. The van der Waals surface area contributed by atoms with Crippen LogP contribution in [0.5, 0.6) is 0 Å². The fourth-order valence-corrected chi connectivity index (χ4v) is 6.06. The monoisotopic (exact) mass is 658 g/mol. The van der Waals surface area contributed by atoms with Gasteiger partial charge in [-0.05, 0) is 43.0 Å². The molecular weight excluding hydrogens is 616 g/mol. The summed E-state index contributed by atoms with van der Waals surface area (Å²) in [4.78, 5) is 44.9. The Labute approximate surface area is 287 Å². The average molecular weight is 659 g/mol. The number of imidazole rings is 1. The third-order valence-corrected chi connectivity index (χ3v) is 8.01. The number of nitrogens with zero attached hydrogens (tertiary/aromatic N) is 3. The zero-order chi connectivity index (χ0) is 34.9. The molecule has 0 radical (unpaired) electrons. The molecule has 252 valence electrons. The topological polar surface area (TPSA) is 114 Å². The van der Waals surface area contributed by atoms with Crippen LogP contribution in [0.2, 0.25) is 0 Å². The van der Waals surface area contributed by atoms with E-state index in [4.69, 9.17) is 9.72 Å². The number of esters is 1. The zero-order valence-corrected chi connectivity index (χ0v) is 28.0. The second kappa shape index (κ2) is 15.6. The van der Waals surface area contributed by atoms with Crippen molar-refractivity contribution in [2.75, 3.05) is 13.1 Å². The number of carboxylic acids is 1. The van der Waals surface area contributed by atoms with Gasteiger partial charge in [0.15, 0.2) is 0 Å². The van der Waals surface area contributed by atoms with E-state index in [1.54, 1.807) is 27.1 Å². The maximum absolute atomic E-state index is 13.5. The smallest absolute Gasteiger partial charge is 0.329 e. The van der Waals surface area contributed by atoms with Crippen molar-refractivity contribution in [2.45, 2.75) is 50.9 Å². The summed E-state index contributed by atoms with van der Waals surface area (Å²) in [5.74, 6) is -2.17. The van der Waals surface area contributed by atoms with Crippen molar-refractivity contribution < 1.29 is 24.2 Å². The second-order valence-electron chi connectivity index (χ2n) is 13.0. The summed E-state index contributed by atoms with van der Waals surface area (Å²) < 4.78 is 7.77. The van der Waals surface area contributed by atoms with Gasteiger partial charge in [0.25, 0.3) is 0 Å². The number of amides is 1. The second-order valence-corrected chi connectivity index (χ2v) is 13.0. The summed E-state index contributed by atoms with van der Waals surface area (Å²) in [5.41, 5.74) is 2.89. The summed E-state index contributed by atoms with van der Waals surface area (Å²) in [6.45, 7) is 4.98. The number of ether oxygens (including phenoxy) is 1. The summed E-state index contributed by atoms with van der Waals surface area (Å²) in [5, 5.41) is 12.3. The summed E-state index contributed by atoms with van der Waals surface area (Å²) in [6.07, 6.45) is 3.72. The van der Waals surface area contributed by atoms with Crippen LogP contribution in [0.15, 0.2) is 134 Å². The Bertz CT molecular complexity index is 1720. The van der Waals surface area contributed by atoms with Crippen LogP contribution in [0.25, 0.3) is 0 Å². The molecule has 1 heterocycles. The molecule has 0 bridgehead atoms. The van der Waals surface area contributed by atoms with Crippen LogP contribution >= 0.6 is 0 Å². The summed E-state index contributed by atoms with van der Waals surface area (Å²) in [7, 11) is 0. The van der Waals surface area contributed by atoms with Crippen molar-refractivity contribution in [1.29, 1.82) is 0 Å². The van der Waals surface area contributed by atoms with Crippen molar-refractivity contribution in [3.05, 3.63) is 162 Å². The molecule has 0 saturated heterocycles. The Kier molecular flexibility index (Phi) is 11.1. The minimum absolute atomic E-state index is 0.0553. The number of aromatic nitrogens is 2. The van der Waals surface area contributed by atoms with E-state index in [1.165, 1.54) is 4.90 Å². The lowest BCUT2D eigenvalue weighted by molar-refractivity contribution is -0.158. The van der Waals surface area contributed by atoms with E-state index in [1.807, 2.05) is 95.7 Å². The van der Waals surface area contributed by atoms with Gasteiger partial charge in [-0.2, -0.15) is 0 Å². The number of aliphatic carboxylic acids is 1. The summed E-state index contributed by atoms with van der Waals surface area (Å²) >= 11 is 0. The normalized spacial score (nSPS) is 12.3. The van der Waals surface area contributed by atoms with Gasteiger partial charge < -0.3 is 19.7 Å². The van der Waals surface area contributed by atoms with Crippen LogP contribution in [-0.4, -0.2) is 62.1 Å². The van der Waals surface area contributed by atoms with Crippen LogP contribution in [0.1, 0.15) is 48.7 Å². The molecule has 0 unspecified atom stereocenters. The molecule has 1 amide bonds. The molecule has 0 fully saturated rings. The van der Waals surface area contributed by atoms with E-state index in [-0.39, 0.29) is 26.1 Å². The minimum atomic E-state index is -1.07. The third-order valence-electron chi connectivity index (χ3n) is 8.01. The molecule has 0 spiro atoms. The van der Waals surface area contributed by atoms with Gasteiger partial charge in [0.2, 0.25) is 5.91 Å². The first-order valence-electron chi connectivity index (χ1n) is 16.2. The lowest BCUT2D eigenvalue weighted by Gasteiger charge is -2.37. The third kappa shape index (κ3) is 8.88. The first kappa shape index (κ1) is 34.8. The van der Waals surface area contributed by atoms with Crippen molar-refractivity contribution in [3.63, 3.8) is 0 Å². The van der Waals surface area contributed by atoms with Crippen molar-refractivity contribution >= 4 is 17.8 Å². The molecule has 0 aliphatic carbocycles. The lowest BCUT2D eigenvalue weighted by Crippen LogP contribution is -2.49. The summed E-state index contributed by atoms with van der Waals surface area (Å²) in [6, 6.07) is 38.7. The van der Waals surface area contributed by atoms with Gasteiger partial charge in [0.05, 0.1) is 25.1 Å². The number of carboxylic acid groups (broad SMARTS) is 1. The first-order chi connectivity index (χ1) is 23.5. The number of hydrogen-bond acceptors (Lipinski definition) is 6. The molecular formula is C40H42N4O5. The molecule has 5 aromatic rings. The molecule has 9 heteroatoms. The van der Waals surface area contributed by atoms with Gasteiger partial charge in [-0.1, -0.05) is 121 Å². The van der Waals surface area contributed by atoms with E-state index in [0.717, 1.165) is 22.3 Å². The number of rotatable bonds is 14. The van der Waals surface area contributed by atoms with Gasteiger partial charge in [-0.25, -0.2) is 9.78 Å². The van der Waals surface area contributed by atoms with Crippen molar-refractivity contribution in [1.82, 2.24) is 19.8 Å². The lowest BCUT2D eigenvalue weighted by atomic mass is 9.77. The number of nitrogens with one attached hydrogen (secondary N) is 1. The van der Waals surface area contributed by atoms with Crippen LogP contribution < -0.4 is 5.32 Å². The highest BCUT2D eigenvalue weighted by molar-refractivity contribution is 5.86. The fourth-order valence-electron chi connectivity index (χ4n) is 6.06. The molecule has 0 aliphatic heterocycles. The SMILES string of the molecule is CC(C)(C)OC(=O)[C@H](Cc1cn(C(c2ccccc2)(c2ccccc2)c2ccccc2)cn1)NC(=O)CN(CC(=O)O)Cc1ccccc1. The van der Waals surface area contributed by atoms with E-state index < -0.39 is 35.0 Å². The quantitative estimate of drug-likeness (QED) is 0.117. The Morgan fingerprint density at radius 1 is 0.776 bits per heavy atom. The largest absolute Gasteiger partial charge is 0.480 e. The van der Waals surface area contributed by atoms with E-state index in [9.17, 15) is 19.5 Å². The van der Waals surface area contributed by atoms with Crippen molar-refractivity contribution in [3.8, 4) is 0 Å². The maximum atomic E-state index is 13.5. The molecule has 0 saturated carbocycles. The minimum Gasteiger partial charge on any atom is -0.480 e. The Morgan fingerprint density at radius 2 is 1.27 bits per heavy atom. The molecule has 0 aliphatic rings. The van der Waals surface area contributed by atoms with Gasteiger partial charge in [-0.15, -0.1) is 0 Å². The molecule has 1 atom stereocenters. The molecule has 1 aromatic heterocycles. The zero-order valence-electron chi connectivity index (χ0n) is 28.0. The van der Waals surface area contributed by atoms with Crippen LogP contribution in [0, 0.1) is 0 Å². The number of benzene rings is 4. The van der Waals surface area contributed by atoms with Gasteiger partial charge in [0, 0.05) is 19.2 Å². The highest BCUT2D eigenvalue weighted by Crippen LogP contribution is 2.40. The number of hydrogen-bond donors (Lipinski definition) is 2. The number of carbonyl (C=O) groups excluding carboxylic acids is 2. The first-order valence-corrected chi connectivity index (χ1v) is 16.2. The standard InChI is InChI=1S/C40H42N4O5/c1-39(2,3)49-38(48)35(42-36(45)27-43(28-37(46)47)25-30-16-8-4-9-17-30)24-34-26-44(29-41-34)40(31-18-10-5-11-19-31,32-20-12-6-13-21-32)33-22-14-7-15-23-33/h4-23,26,29,35H,24-25,27-28H2,1-3H3,(H,42,45)(H,46,47)/t35-/m0/s1. The molecule has 9 nitrogen and oxygen atoms in total. The van der Waals surface area contributed by atoms with E-state index in [0.29, 0.717) is 5.69 Å². The molecule has 5 rings (SSSR count). The van der Waals surface area contributed by atoms with Crippen molar-refractivity contribution in [2.24, 2.45) is 0 Å². The van der Waals surface area contributed by atoms with Gasteiger partial charge in [0.1, 0.15) is 17.2 Å². The Balaban J connectivity index is 1.48. The average Bonchev–Trinajstić information content (AvgIpc) is 3.54. The molecule has 49 heavy (non-hydrogen) atoms. The molecule has 4 aromatic carbocycles. The Morgan fingerprint density at radius 3 is 1.73 bits per heavy atom. The predicted octanol–water partition coefficient (Wildman–Crippen LogP) is 5.68. The van der Waals surface area contributed by atoms with E-state index >= 15 is 0 Å². The van der Waals surface area contributed by atoms with Crippen LogP contribution in [0.3, 0.4) is 0 Å². The van der Waals surface area contributed by atoms with Gasteiger partial charge in [-0.3, -0.25) is 14.5 Å². The van der Waals surface area contributed by atoms with E-state index in [2.05, 4.69) is 41.7 Å². The highest BCUT2D eigenvalue weighted by atomic mass is 16.6. The fraction of sp³-hybridized carbons (Fsp3) is 0.250. The number of carbonyl (C=O) groups is 3. The van der Waals surface area contributed by atoms with Crippen LogP contribution in [-0.2, 0) is 37.6 Å². The van der Waals surface area contributed by atoms with Crippen LogP contribution in [0.4, 0.5) is 0 Å². The van der Waals surface area contributed by atoms with Gasteiger partial charge >= 0.3 is 11.9 Å². The highest BCUT2D eigenvalue weighted by Gasteiger charge is 2.39. The predicted molar refractivity (Wildman–Crippen MR) is 188 cm³/mol.